The molecule has 110 valence electrons. The van der Waals surface area contributed by atoms with Gasteiger partial charge in [-0.1, -0.05) is 6.07 Å². The van der Waals surface area contributed by atoms with E-state index in [4.69, 9.17) is 20.5 Å². The zero-order valence-corrected chi connectivity index (χ0v) is 11.6. The maximum Gasteiger partial charge on any atom is 0.163 e. The van der Waals surface area contributed by atoms with Gasteiger partial charge in [-0.2, -0.15) is 15.8 Å². The summed E-state index contributed by atoms with van der Waals surface area (Å²) in [6.07, 6.45) is 0. The summed E-state index contributed by atoms with van der Waals surface area (Å²) in [5.74, 6) is -0.563. The van der Waals surface area contributed by atoms with Crippen LogP contribution in [0.25, 0.3) is 0 Å². The molecule has 1 aliphatic heterocycles. The number of morpholine rings is 1. The molecule has 6 nitrogen and oxygen atoms in total. The lowest BCUT2D eigenvalue weighted by molar-refractivity contribution is 0.122. The van der Waals surface area contributed by atoms with Gasteiger partial charge >= 0.3 is 0 Å². The van der Waals surface area contributed by atoms with Crippen LogP contribution in [0.2, 0.25) is 0 Å². The van der Waals surface area contributed by atoms with E-state index >= 15 is 0 Å². The van der Waals surface area contributed by atoms with Gasteiger partial charge in [0, 0.05) is 13.1 Å². The molecule has 0 aromatic heterocycles. The highest BCUT2D eigenvalue weighted by Gasteiger charge is 2.19. The summed E-state index contributed by atoms with van der Waals surface area (Å²) in [6.45, 7) is 2.23. The normalized spacial score (nSPS) is 13.5. The standard InChI is InChI=1S/C15H12FN5O/c16-12-2-1-3-14(21-4-6-22-7-5-21)15(12)20-13(10-19)11(8-17)9-18/h1-3,20H,4-7H2. The lowest BCUT2D eigenvalue weighted by Crippen LogP contribution is -2.36. The Morgan fingerprint density at radius 3 is 2.41 bits per heavy atom. The number of nitrogens with one attached hydrogen (secondary N) is 1. The topological polar surface area (TPSA) is 95.9 Å². The van der Waals surface area contributed by atoms with Crippen molar-refractivity contribution in [3.63, 3.8) is 0 Å². The van der Waals surface area contributed by atoms with Crippen molar-refractivity contribution in [3.05, 3.63) is 35.3 Å². The van der Waals surface area contributed by atoms with Gasteiger partial charge in [-0.05, 0) is 12.1 Å². The summed E-state index contributed by atoms with van der Waals surface area (Å²) in [6, 6.07) is 9.49. The minimum atomic E-state index is -0.563. The van der Waals surface area contributed by atoms with Crippen LogP contribution in [0.15, 0.2) is 29.5 Å². The Hall–Kier alpha value is -3.08. The Kier molecular flexibility index (Phi) is 4.93. The highest BCUT2D eigenvalue weighted by Crippen LogP contribution is 2.30. The molecule has 0 amide bonds. The molecule has 1 fully saturated rings. The number of anilines is 2. The van der Waals surface area contributed by atoms with E-state index in [1.54, 1.807) is 30.3 Å². The minimum Gasteiger partial charge on any atom is -0.378 e. The average Bonchev–Trinajstić information content (AvgIpc) is 2.57. The summed E-state index contributed by atoms with van der Waals surface area (Å²) in [4.78, 5) is 1.92. The van der Waals surface area contributed by atoms with Crippen LogP contribution >= 0.6 is 0 Å². The van der Waals surface area contributed by atoms with Gasteiger partial charge in [0.25, 0.3) is 0 Å². The fourth-order valence-electron chi connectivity index (χ4n) is 2.11. The first-order valence-corrected chi connectivity index (χ1v) is 6.54. The van der Waals surface area contributed by atoms with Crippen molar-refractivity contribution in [1.29, 1.82) is 15.8 Å². The summed E-state index contributed by atoms with van der Waals surface area (Å²) in [7, 11) is 0. The van der Waals surface area contributed by atoms with Crippen LogP contribution in [-0.4, -0.2) is 26.3 Å². The van der Waals surface area contributed by atoms with E-state index in [1.165, 1.54) is 6.07 Å². The van der Waals surface area contributed by atoms with Gasteiger partial charge in [-0.3, -0.25) is 0 Å². The van der Waals surface area contributed by atoms with Gasteiger partial charge in [0.1, 0.15) is 29.7 Å². The highest BCUT2D eigenvalue weighted by molar-refractivity contribution is 5.74. The van der Waals surface area contributed by atoms with Gasteiger partial charge in [0.05, 0.1) is 24.6 Å². The van der Waals surface area contributed by atoms with Crippen molar-refractivity contribution in [2.75, 3.05) is 36.5 Å². The highest BCUT2D eigenvalue weighted by atomic mass is 19.1. The number of halogens is 1. The second-order valence-corrected chi connectivity index (χ2v) is 4.44. The molecule has 0 spiro atoms. The third-order valence-corrected chi connectivity index (χ3v) is 3.18. The van der Waals surface area contributed by atoms with Crippen molar-refractivity contribution >= 4 is 11.4 Å². The van der Waals surface area contributed by atoms with Crippen LogP contribution in [0.5, 0.6) is 0 Å². The van der Waals surface area contributed by atoms with Crippen molar-refractivity contribution in [1.82, 2.24) is 0 Å². The van der Waals surface area contributed by atoms with Crippen LogP contribution in [-0.2, 0) is 4.74 Å². The average molecular weight is 297 g/mol. The van der Waals surface area contributed by atoms with E-state index in [-0.39, 0.29) is 11.4 Å². The van der Waals surface area contributed by atoms with Crippen LogP contribution in [0.3, 0.4) is 0 Å². The molecular formula is C15H12FN5O. The fourth-order valence-corrected chi connectivity index (χ4v) is 2.11. The van der Waals surface area contributed by atoms with Gasteiger partial charge in [0.15, 0.2) is 5.57 Å². The van der Waals surface area contributed by atoms with Crippen LogP contribution in [0.1, 0.15) is 0 Å². The third kappa shape index (κ3) is 3.15. The Labute approximate surface area is 127 Å². The Morgan fingerprint density at radius 2 is 1.82 bits per heavy atom. The molecule has 0 unspecified atom stereocenters. The summed E-state index contributed by atoms with van der Waals surface area (Å²) in [5, 5.41) is 29.4. The molecule has 22 heavy (non-hydrogen) atoms. The summed E-state index contributed by atoms with van der Waals surface area (Å²) < 4.78 is 19.4. The maximum atomic E-state index is 14.2. The number of benzene rings is 1. The number of rotatable bonds is 3. The molecule has 0 bridgehead atoms. The van der Waals surface area contributed by atoms with Crippen molar-refractivity contribution in [2.24, 2.45) is 0 Å². The molecule has 1 heterocycles. The number of nitriles is 3. The molecule has 1 aromatic carbocycles. The molecule has 7 heteroatoms. The molecule has 1 aliphatic rings. The van der Waals surface area contributed by atoms with Crippen LogP contribution in [0, 0.1) is 39.8 Å². The van der Waals surface area contributed by atoms with E-state index in [0.29, 0.717) is 32.0 Å². The van der Waals surface area contributed by atoms with Gasteiger partial charge < -0.3 is 15.0 Å². The largest absolute Gasteiger partial charge is 0.378 e. The van der Waals surface area contributed by atoms with Crippen molar-refractivity contribution < 1.29 is 9.13 Å². The van der Waals surface area contributed by atoms with Crippen LogP contribution in [0.4, 0.5) is 15.8 Å². The molecule has 0 saturated carbocycles. The second-order valence-electron chi connectivity index (χ2n) is 4.44. The number of nitrogens with zero attached hydrogens (tertiary/aromatic N) is 4. The molecule has 1 N–H and O–H groups in total. The predicted molar refractivity (Wildman–Crippen MR) is 76.9 cm³/mol. The van der Waals surface area contributed by atoms with Gasteiger partial charge in [-0.15, -0.1) is 0 Å². The molecule has 1 aromatic rings. The van der Waals surface area contributed by atoms with Gasteiger partial charge in [-0.25, -0.2) is 4.39 Å². The zero-order chi connectivity index (χ0) is 15.9. The monoisotopic (exact) mass is 297 g/mol. The molecule has 0 atom stereocenters. The van der Waals surface area contributed by atoms with Crippen molar-refractivity contribution in [3.8, 4) is 18.2 Å². The van der Waals surface area contributed by atoms with E-state index in [9.17, 15) is 4.39 Å². The number of allylic oxidation sites excluding steroid dienone is 2. The molecule has 1 saturated heterocycles. The quantitative estimate of drug-likeness (QED) is 0.856. The summed E-state index contributed by atoms with van der Waals surface area (Å²) in [5.41, 5.74) is -0.0291. The molecule has 0 aliphatic carbocycles. The molecule has 0 radical (unpaired) electrons. The van der Waals surface area contributed by atoms with E-state index < -0.39 is 11.4 Å². The molecule has 2 rings (SSSR count). The first-order valence-electron chi connectivity index (χ1n) is 6.54. The predicted octanol–water partition coefficient (Wildman–Crippen LogP) is 1.90. The summed E-state index contributed by atoms with van der Waals surface area (Å²) >= 11 is 0. The molecular weight excluding hydrogens is 285 g/mol. The first kappa shape index (κ1) is 15.3. The maximum absolute atomic E-state index is 14.2. The third-order valence-electron chi connectivity index (χ3n) is 3.18. The Morgan fingerprint density at radius 1 is 1.14 bits per heavy atom. The van der Waals surface area contributed by atoms with Crippen molar-refractivity contribution in [2.45, 2.75) is 0 Å². The van der Waals surface area contributed by atoms with Gasteiger partial charge in [0.2, 0.25) is 0 Å². The Balaban J connectivity index is 2.43. The number of ether oxygens (including phenoxy) is 1. The lowest BCUT2D eigenvalue weighted by Gasteiger charge is -2.30. The smallest absolute Gasteiger partial charge is 0.163 e. The van der Waals surface area contributed by atoms with E-state index in [0.717, 1.165) is 0 Å². The lowest BCUT2D eigenvalue weighted by atomic mass is 10.2. The number of hydrogen-bond donors (Lipinski definition) is 1. The van der Waals surface area contributed by atoms with E-state index in [2.05, 4.69) is 5.32 Å². The van der Waals surface area contributed by atoms with E-state index in [1.807, 2.05) is 4.90 Å². The second kappa shape index (κ2) is 7.08. The minimum absolute atomic E-state index is 0.0731. The first-order chi connectivity index (χ1) is 10.7. The van der Waals surface area contributed by atoms with Crippen LogP contribution < -0.4 is 10.2 Å². The number of para-hydroxylation sites is 1. The zero-order valence-electron chi connectivity index (χ0n) is 11.6. The number of hydrogen-bond acceptors (Lipinski definition) is 6. The fraction of sp³-hybridized carbons (Fsp3) is 0.267. The Bertz CT molecular complexity index is 701. The SMILES string of the molecule is N#CC(C#N)=C(C#N)Nc1c(F)cccc1N1CCOCC1.